The number of ether oxygens (including phenoxy) is 1. The van der Waals surface area contributed by atoms with Gasteiger partial charge in [-0.05, 0) is 48.9 Å². The molecule has 32 heavy (non-hydrogen) atoms. The number of thiazole rings is 1. The number of aromatic nitrogens is 1. The van der Waals surface area contributed by atoms with E-state index in [0.717, 1.165) is 42.0 Å². The number of hydrogen-bond donors (Lipinski definition) is 1. The summed E-state index contributed by atoms with van der Waals surface area (Å²) in [5.74, 6) is 0.828. The van der Waals surface area contributed by atoms with E-state index in [2.05, 4.69) is 36.1 Å². The summed E-state index contributed by atoms with van der Waals surface area (Å²) >= 11 is 1.35. The summed E-state index contributed by atoms with van der Waals surface area (Å²) in [7, 11) is 2.06. The summed E-state index contributed by atoms with van der Waals surface area (Å²) in [5.41, 5.74) is 2.57. The van der Waals surface area contributed by atoms with Gasteiger partial charge in [-0.15, -0.1) is 0 Å². The molecule has 0 unspecified atom stereocenters. The first-order valence-corrected chi connectivity index (χ1v) is 11.6. The Morgan fingerprint density at radius 3 is 2.66 bits per heavy atom. The van der Waals surface area contributed by atoms with Crippen LogP contribution in [0.1, 0.15) is 35.7 Å². The maximum absolute atomic E-state index is 12.8. The van der Waals surface area contributed by atoms with Crippen molar-refractivity contribution in [2.75, 3.05) is 45.2 Å². The Kier molecular flexibility index (Phi) is 6.72. The Labute approximate surface area is 192 Å². The topological polar surface area (TPSA) is 74.8 Å². The minimum Gasteiger partial charge on any atom is -0.484 e. The van der Waals surface area contributed by atoms with E-state index in [9.17, 15) is 9.59 Å². The zero-order valence-electron chi connectivity index (χ0n) is 18.6. The largest absolute Gasteiger partial charge is 0.484 e. The molecule has 0 radical (unpaired) electrons. The van der Waals surface area contributed by atoms with Crippen LogP contribution in [0, 0.1) is 0 Å². The minimum atomic E-state index is -0.271. The van der Waals surface area contributed by atoms with E-state index in [0.29, 0.717) is 22.4 Å². The number of rotatable bonds is 6. The lowest BCUT2D eigenvalue weighted by atomic mass is 10.0. The normalized spacial score (nSPS) is 14.7. The predicted molar refractivity (Wildman–Crippen MR) is 128 cm³/mol. The van der Waals surface area contributed by atoms with Gasteiger partial charge in [-0.2, -0.15) is 0 Å². The van der Waals surface area contributed by atoms with E-state index in [1.807, 2.05) is 41.3 Å². The van der Waals surface area contributed by atoms with Gasteiger partial charge in [0.05, 0.1) is 10.2 Å². The van der Waals surface area contributed by atoms with E-state index in [1.165, 1.54) is 11.3 Å². The number of amides is 2. The lowest BCUT2D eigenvalue weighted by Gasteiger charge is -2.32. The molecule has 7 nitrogen and oxygen atoms in total. The zero-order valence-corrected chi connectivity index (χ0v) is 19.4. The molecule has 0 atom stereocenters. The summed E-state index contributed by atoms with van der Waals surface area (Å²) in [6, 6.07) is 13.3. The number of nitrogens with one attached hydrogen (secondary N) is 1. The first-order chi connectivity index (χ1) is 15.4. The molecule has 0 spiro atoms. The molecule has 1 aromatic heterocycles. The maximum Gasteiger partial charge on any atom is 0.264 e. The Hall–Kier alpha value is -2.97. The lowest BCUT2D eigenvalue weighted by Crippen LogP contribution is -2.47. The molecule has 2 amide bonds. The van der Waals surface area contributed by atoms with Crippen LogP contribution in [0.3, 0.4) is 0 Å². The number of benzene rings is 2. The second-order valence-electron chi connectivity index (χ2n) is 8.36. The first kappa shape index (κ1) is 22.2. The molecule has 168 valence electrons. The van der Waals surface area contributed by atoms with Crippen LogP contribution >= 0.6 is 11.3 Å². The van der Waals surface area contributed by atoms with Gasteiger partial charge in [0.1, 0.15) is 5.75 Å². The summed E-state index contributed by atoms with van der Waals surface area (Å²) in [4.78, 5) is 33.8. The fourth-order valence-electron chi connectivity index (χ4n) is 3.57. The van der Waals surface area contributed by atoms with Gasteiger partial charge >= 0.3 is 0 Å². The Bertz CT molecular complexity index is 1120. The monoisotopic (exact) mass is 452 g/mol. The summed E-state index contributed by atoms with van der Waals surface area (Å²) in [5, 5.41) is 3.29. The SMILES string of the molecule is CC(C)c1cccc(OCC(=O)Nc2nc3ccc(C(=O)N4CCN(C)CC4)cc3s2)c1. The van der Waals surface area contributed by atoms with Gasteiger partial charge in [0.15, 0.2) is 11.7 Å². The third-order valence-corrected chi connectivity index (χ3v) is 6.50. The number of hydrogen-bond acceptors (Lipinski definition) is 6. The van der Waals surface area contributed by atoms with Gasteiger partial charge in [-0.3, -0.25) is 14.9 Å². The van der Waals surface area contributed by atoms with Crippen LogP contribution in [0.2, 0.25) is 0 Å². The summed E-state index contributed by atoms with van der Waals surface area (Å²) in [6.07, 6.45) is 0. The molecule has 1 fully saturated rings. The van der Waals surface area contributed by atoms with E-state index in [-0.39, 0.29) is 18.4 Å². The quantitative estimate of drug-likeness (QED) is 0.615. The Balaban J connectivity index is 1.38. The maximum atomic E-state index is 12.8. The van der Waals surface area contributed by atoms with Crippen molar-refractivity contribution >= 4 is 38.5 Å². The van der Waals surface area contributed by atoms with Gasteiger partial charge in [0.2, 0.25) is 0 Å². The average molecular weight is 453 g/mol. The fourth-order valence-corrected chi connectivity index (χ4v) is 4.49. The number of carbonyl (C=O) groups excluding carboxylic acids is 2. The van der Waals surface area contributed by atoms with E-state index >= 15 is 0 Å². The number of likely N-dealkylation sites (N-methyl/N-ethyl adjacent to an activating group) is 1. The van der Waals surface area contributed by atoms with Crippen LogP contribution in [0.15, 0.2) is 42.5 Å². The standard InChI is InChI=1S/C24H28N4O3S/c1-16(2)17-5-4-6-19(13-17)31-15-22(29)26-24-25-20-8-7-18(14-21(20)32-24)23(30)28-11-9-27(3)10-12-28/h4-8,13-14,16H,9-12,15H2,1-3H3,(H,25,26,29). The van der Waals surface area contributed by atoms with E-state index in [4.69, 9.17) is 4.74 Å². The Morgan fingerprint density at radius 2 is 1.91 bits per heavy atom. The highest BCUT2D eigenvalue weighted by Crippen LogP contribution is 2.27. The second-order valence-corrected chi connectivity index (χ2v) is 9.39. The molecule has 0 bridgehead atoms. The number of carbonyl (C=O) groups is 2. The molecule has 2 aromatic carbocycles. The molecule has 1 N–H and O–H groups in total. The Morgan fingerprint density at radius 1 is 1.12 bits per heavy atom. The van der Waals surface area contributed by atoms with Crippen LogP contribution in [0.5, 0.6) is 5.75 Å². The van der Waals surface area contributed by atoms with E-state index < -0.39 is 0 Å². The molecule has 0 aliphatic carbocycles. The first-order valence-electron chi connectivity index (χ1n) is 10.8. The smallest absolute Gasteiger partial charge is 0.264 e. The van der Waals surface area contributed by atoms with Crippen molar-refractivity contribution < 1.29 is 14.3 Å². The molecule has 1 aliphatic rings. The van der Waals surface area contributed by atoms with Crippen LogP contribution < -0.4 is 10.1 Å². The number of piperazine rings is 1. The predicted octanol–water partition coefficient (Wildman–Crippen LogP) is 3.82. The molecule has 3 aromatic rings. The van der Waals surface area contributed by atoms with Crippen molar-refractivity contribution in [3.05, 3.63) is 53.6 Å². The van der Waals surface area contributed by atoms with Crippen molar-refractivity contribution in [2.45, 2.75) is 19.8 Å². The summed E-state index contributed by atoms with van der Waals surface area (Å²) in [6.45, 7) is 7.37. The highest BCUT2D eigenvalue weighted by molar-refractivity contribution is 7.22. The molecule has 1 aliphatic heterocycles. The van der Waals surface area contributed by atoms with Crippen LogP contribution in [-0.2, 0) is 4.79 Å². The fraction of sp³-hybridized carbons (Fsp3) is 0.375. The number of fused-ring (bicyclic) bond motifs is 1. The van der Waals surface area contributed by atoms with Gasteiger partial charge in [-0.1, -0.05) is 37.3 Å². The van der Waals surface area contributed by atoms with E-state index in [1.54, 1.807) is 6.07 Å². The molecule has 8 heteroatoms. The van der Waals surface area contributed by atoms with Crippen LogP contribution in [0.4, 0.5) is 5.13 Å². The molecule has 4 rings (SSSR count). The van der Waals surface area contributed by atoms with Crippen molar-refractivity contribution in [1.29, 1.82) is 0 Å². The molecular formula is C24H28N4O3S. The molecule has 2 heterocycles. The molecule has 0 saturated carbocycles. The third-order valence-electron chi connectivity index (χ3n) is 5.57. The van der Waals surface area contributed by atoms with Gasteiger partial charge in [0.25, 0.3) is 11.8 Å². The van der Waals surface area contributed by atoms with Crippen molar-refractivity contribution in [3.8, 4) is 5.75 Å². The van der Waals surface area contributed by atoms with Crippen molar-refractivity contribution in [1.82, 2.24) is 14.8 Å². The zero-order chi connectivity index (χ0) is 22.7. The lowest BCUT2D eigenvalue weighted by molar-refractivity contribution is -0.118. The highest BCUT2D eigenvalue weighted by Gasteiger charge is 2.21. The van der Waals surface area contributed by atoms with Crippen LogP contribution in [0.25, 0.3) is 10.2 Å². The second kappa shape index (κ2) is 9.67. The minimum absolute atomic E-state index is 0.0380. The van der Waals surface area contributed by atoms with Gasteiger partial charge < -0.3 is 14.5 Å². The average Bonchev–Trinajstić information content (AvgIpc) is 3.19. The molecular weight excluding hydrogens is 424 g/mol. The van der Waals surface area contributed by atoms with Crippen molar-refractivity contribution in [3.63, 3.8) is 0 Å². The van der Waals surface area contributed by atoms with Crippen LogP contribution in [-0.4, -0.2) is 66.4 Å². The third kappa shape index (κ3) is 5.26. The highest BCUT2D eigenvalue weighted by atomic mass is 32.1. The van der Waals surface area contributed by atoms with Crippen molar-refractivity contribution in [2.24, 2.45) is 0 Å². The van der Waals surface area contributed by atoms with Gasteiger partial charge in [0, 0.05) is 31.7 Å². The summed E-state index contributed by atoms with van der Waals surface area (Å²) < 4.78 is 6.51. The number of anilines is 1. The van der Waals surface area contributed by atoms with Gasteiger partial charge in [-0.25, -0.2) is 4.98 Å². The molecule has 1 saturated heterocycles. The number of nitrogens with zero attached hydrogens (tertiary/aromatic N) is 3.